The molecule has 6 heteroatoms. The Labute approximate surface area is 181 Å². The molecule has 2 amide bonds. The molecule has 0 fully saturated rings. The van der Waals surface area contributed by atoms with Crippen LogP contribution in [0.4, 0.5) is 4.79 Å². The van der Waals surface area contributed by atoms with Crippen molar-refractivity contribution in [3.8, 4) is 0 Å². The molecular weight excluding hydrogens is 402 g/mol. The van der Waals surface area contributed by atoms with Crippen LogP contribution in [-0.4, -0.2) is 34.3 Å². The summed E-state index contributed by atoms with van der Waals surface area (Å²) in [4.78, 5) is 39.3. The summed E-state index contributed by atoms with van der Waals surface area (Å²) in [5.74, 6) is -1.02. The standard InChI is InChI=1S/C24H24ClNO4/c1-24(2,3)30-23(29)26-20(12-13-22(26)28)19(17-10-7-11-18(25)14-17)15-21(27)16-8-5-4-6-9-16/h4-14,19-20H,15H2,1-3H3/t19-,20+/m0/s1. The van der Waals surface area contributed by atoms with E-state index in [1.165, 1.54) is 6.08 Å². The topological polar surface area (TPSA) is 63.7 Å². The largest absolute Gasteiger partial charge is 0.443 e. The van der Waals surface area contributed by atoms with E-state index in [1.54, 1.807) is 69.3 Å². The molecule has 1 aliphatic heterocycles. The van der Waals surface area contributed by atoms with Gasteiger partial charge in [0.15, 0.2) is 5.78 Å². The van der Waals surface area contributed by atoms with E-state index in [0.717, 1.165) is 10.5 Å². The minimum absolute atomic E-state index is 0.0857. The lowest BCUT2D eigenvalue weighted by Crippen LogP contribution is -2.45. The van der Waals surface area contributed by atoms with E-state index in [9.17, 15) is 14.4 Å². The summed E-state index contributed by atoms with van der Waals surface area (Å²) in [5, 5.41) is 0.516. The Morgan fingerprint density at radius 1 is 1.10 bits per heavy atom. The summed E-state index contributed by atoms with van der Waals surface area (Å²) >= 11 is 6.19. The molecule has 0 unspecified atom stereocenters. The van der Waals surface area contributed by atoms with Gasteiger partial charge in [-0.15, -0.1) is 0 Å². The third kappa shape index (κ3) is 5.16. The molecule has 0 radical (unpaired) electrons. The van der Waals surface area contributed by atoms with Gasteiger partial charge in [-0.25, -0.2) is 9.69 Å². The number of carbonyl (C=O) groups excluding carboxylic acids is 3. The van der Waals surface area contributed by atoms with Crippen molar-refractivity contribution in [1.29, 1.82) is 0 Å². The van der Waals surface area contributed by atoms with Crippen molar-refractivity contribution in [3.05, 3.63) is 82.9 Å². The fraction of sp³-hybridized carbons (Fsp3) is 0.292. The summed E-state index contributed by atoms with van der Waals surface area (Å²) in [6, 6.07) is 15.4. The highest BCUT2D eigenvalue weighted by atomic mass is 35.5. The molecule has 30 heavy (non-hydrogen) atoms. The zero-order chi connectivity index (χ0) is 21.9. The molecule has 0 aliphatic carbocycles. The number of halogens is 1. The molecule has 156 valence electrons. The van der Waals surface area contributed by atoms with Gasteiger partial charge < -0.3 is 4.74 Å². The predicted octanol–water partition coefficient (Wildman–Crippen LogP) is 5.40. The van der Waals surface area contributed by atoms with E-state index in [2.05, 4.69) is 0 Å². The number of carbonyl (C=O) groups is 3. The summed E-state index contributed by atoms with van der Waals surface area (Å²) in [6.07, 6.45) is 2.36. The van der Waals surface area contributed by atoms with Crippen LogP contribution >= 0.6 is 11.6 Å². The maximum Gasteiger partial charge on any atom is 0.417 e. The van der Waals surface area contributed by atoms with Gasteiger partial charge >= 0.3 is 6.09 Å². The van der Waals surface area contributed by atoms with Crippen molar-refractivity contribution >= 4 is 29.4 Å². The summed E-state index contributed by atoms with van der Waals surface area (Å²) in [6.45, 7) is 5.21. The predicted molar refractivity (Wildman–Crippen MR) is 116 cm³/mol. The molecule has 0 saturated heterocycles. The fourth-order valence-corrected chi connectivity index (χ4v) is 3.64. The van der Waals surface area contributed by atoms with Crippen LogP contribution in [0.25, 0.3) is 0 Å². The first-order chi connectivity index (χ1) is 14.2. The first-order valence-electron chi connectivity index (χ1n) is 9.74. The molecule has 0 saturated carbocycles. The van der Waals surface area contributed by atoms with Gasteiger partial charge in [0.05, 0.1) is 6.04 Å². The molecular formula is C24H24ClNO4. The maximum atomic E-state index is 13.0. The van der Waals surface area contributed by atoms with E-state index < -0.39 is 29.6 Å². The summed E-state index contributed by atoms with van der Waals surface area (Å²) in [5.41, 5.74) is 0.585. The molecule has 2 atom stereocenters. The van der Waals surface area contributed by atoms with E-state index in [4.69, 9.17) is 16.3 Å². The number of ketones is 1. The van der Waals surface area contributed by atoms with Crippen LogP contribution in [0.1, 0.15) is 49.0 Å². The molecule has 2 aromatic rings. The number of amides is 2. The van der Waals surface area contributed by atoms with Crippen molar-refractivity contribution in [2.24, 2.45) is 0 Å². The minimum Gasteiger partial charge on any atom is -0.443 e. The highest BCUT2D eigenvalue weighted by Crippen LogP contribution is 2.34. The van der Waals surface area contributed by atoms with Crippen molar-refractivity contribution in [2.45, 2.75) is 44.8 Å². The Morgan fingerprint density at radius 3 is 2.43 bits per heavy atom. The zero-order valence-corrected chi connectivity index (χ0v) is 17.9. The monoisotopic (exact) mass is 425 g/mol. The van der Waals surface area contributed by atoms with Crippen LogP contribution in [0.5, 0.6) is 0 Å². The van der Waals surface area contributed by atoms with Crippen LogP contribution in [0.15, 0.2) is 66.7 Å². The lowest BCUT2D eigenvalue weighted by Gasteiger charge is -2.32. The van der Waals surface area contributed by atoms with Gasteiger partial charge in [-0.3, -0.25) is 9.59 Å². The number of hydrogen-bond donors (Lipinski definition) is 0. The number of imide groups is 1. The quantitative estimate of drug-likeness (QED) is 0.602. The van der Waals surface area contributed by atoms with Gasteiger partial charge in [-0.05, 0) is 38.5 Å². The Kier molecular flexibility index (Phi) is 6.42. The third-order valence-electron chi connectivity index (χ3n) is 4.75. The second kappa shape index (κ2) is 8.84. The van der Waals surface area contributed by atoms with Crippen molar-refractivity contribution in [2.75, 3.05) is 0 Å². The van der Waals surface area contributed by atoms with Crippen molar-refractivity contribution in [3.63, 3.8) is 0 Å². The molecule has 0 aromatic heterocycles. The van der Waals surface area contributed by atoms with E-state index in [-0.39, 0.29) is 12.2 Å². The van der Waals surface area contributed by atoms with E-state index in [0.29, 0.717) is 10.6 Å². The lowest BCUT2D eigenvalue weighted by atomic mass is 9.85. The highest BCUT2D eigenvalue weighted by molar-refractivity contribution is 6.30. The number of benzene rings is 2. The van der Waals surface area contributed by atoms with Crippen LogP contribution in [0.3, 0.4) is 0 Å². The van der Waals surface area contributed by atoms with E-state index >= 15 is 0 Å². The minimum atomic E-state index is -0.754. The Bertz CT molecular complexity index is 978. The second-order valence-corrected chi connectivity index (χ2v) is 8.63. The number of Topliss-reactive ketones (excluding diaryl/α,β-unsaturated/α-hetero) is 1. The smallest absolute Gasteiger partial charge is 0.417 e. The third-order valence-corrected chi connectivity index (χ3v) is 4.99. The number of ether oxygens (including phenoxy) is 1. The average molecular weight is 426 g/mol. The number of hydrogen-bond acceptors (Lipinski definition) is 4. The molecule has 0 spiro atoms. The van der Waals surface area contributed by atoms with Gasteiger partial charge in [-0.1, -0.05) is 60.1 Å². The van der Waals surface area contributed by atoms with Gasteiger partial charge in [-0.2, -0.15) is 0 Å². The van der Waals surface area contributed by atoms with Gasteiger partial charge in [0.25, 0.3) is 5.91 Å². The number of rotatable bonds is 5. The Hall–Kier alpha value is -2.92. The summed E-state index contributed by atoms with van der Waals surface area (Å²) < 4.78 is 5.44. The SMILES string of the molecule is CC(C)(C)OC(=O)N1C(=O)C=C[C@@H]1[C@@H](CC(=O)c1ccccc1)c1cccc(Cl)c1. The van der Waals surface area contributed by atoms with Crippen molar-refractivity contribution in [1.82, 2.24) is 4.90 Å². The number of nitrogens with zero attached hydrogens (tertiary/aromatic N) is 1. The zero-order valence-electron chi connectivity index (χ0n) is 17.2. The molecule has 0 bridgehead atoms. The van der Waals surface area contributed by atoms with Gasteiger partial charge in [0.2, 0.25) is 0 Å². The first kappa shape index (κ1) is 21.8. The van der Waals surface area contributed by atoms with Crippen LogP contribution in [0, 0.1) is 0 Å². The highest BCUT2D eigenvalue weighted by Gasteiger charge is 2.40. The van der Waals surface area contributed by atoms with Crippen LogP contribution in [0.2, 0.25) is 5.02 Å². The second-order valence-electron chi connectivity index (χ2n) is 8.19. The Morgan fingerprint density at radius 2 is 1.80 bits per heavy atom. The molecule has 3 rings (SSSR count). The van der Waals surface area contributed by atoms with Gasteiger partial charge in [0, 0.05) is 29.0 Å². The summed E-state index contributed by atoms with van der Waals surface area (Å²) in [7, 11) is 0. The molecule has 0 N–H and O–H groups in total. The maximum absolute atomic E-state index is 13.0. The molecule has 2 aromatic carbocycles. The van der Waals surface area contributed by atoms with Crippen molar-refractivity contribution < 1.29 is 19.1 Å². The fourth-order valence-electron chi connectivity index (χ4n) is 3.45. The Balaban J connectivity index is 1.96. The van der Waals surface area contributed by atoms with E-state index in [1.807, 2.05) is 12.1 Å². The average Bonchev–Trinajstić information content (AvgIpc) is 3.06. The normalized spacial score (nSPS) is 17.1. The molecule has 5 nitrogen and oxygen atoms in total. The molecule has 1 aliphatic rings. The lowest BCUT2D eigenvalue weighted by molar-refractivity contribution is -0.125. The van der Waals surface area contributed by atoms with Crippen LogP contribution < -0.4 is 0 Å². The van der Waals surface area contributed by atoms with Gasteiger partial charge in [0.1, 0.15) is 5.60 Å². The van der Waals surface area contributed by atoms with Crippen LogP contribution in [-0.2, 0) is 9.53 Å². The first-order valence-corrected chi connectivity index (χ1v) is 10.1. The molecule has 1 heterocycles.